The van der Waals surface area contributed by atoms with Crippen LogP contribution in [0, 0.1) is 12.8 Å². The zero-order valence-corrected chi connectivity index (χ0v) is 11.3. The minimum Gasteiger partial charge on any atom is -0.384 e. The summed E-state index contributed by atoms with van der Waals surface area (Å²) < 4.78 is 0. The molecule has 94 valence electrons. The monoisotopic (exact) mass is 232 g/mol. The molecule has 0 amide bonds. The lowest BCUT2D eigenvalue weighted by molar-refractivity contribution is 0.254. The molecule has 0 aliphatic carbocycles. The van der Waals surface area contributed by atoms with Gasteiger partial charge in [0.1, 0.15) is 0 Å². The average molecular weight is 232 g/mol. The lowest BCUT2D eigenvalue weighted by atomic mass is 9.92. The molecule has 0 spiro atoms. The summed E-state index contributed by atoms with van der Waals surface area (Å²) in [7, 11) is 0. The zero-order chi connectivity index (χ0) is 12.3. The highest BCUT2D eigenvalue weighted by Gasteiger charge is 2.19. The number of hydrogen-bond donors (Lipinski definition) is 1. The first-order chi connectivity index (χ1) is 8.22. The average Bonchev–Trinajstić information content (AvgIpc) is 2.36. The number of nitrogens with one attached hydrogen (secondary N) is 1. The predicted molar refractivity (Wildman–Crippen MR) is 74.7 cm³/mol. The molecule has 0 fully saturated rings. The summed E-state index contributed by atoms with van der Waals surface area (Å²) in [6.45, 7) is 11.3. The van der Waals surface area contributed by atoms with Crippen LogP contribution < -0.4 is 5.32 Å². The third-order valence-corrected chi connectivity index (χ3v) is 3.77. The number of aryl methyl sites for hydroxylation is 1. The van der Waals surface area contributed by atoms with Gasteiger partial charge in [0.15, 0.2) is 0 Å². The number of anilines is 1. The largest absolute Gasteiger partial charge is 0.384 e. The maximum absolute atomic E-state index is 3.58. The van der Waals surface area contributed by atoms with E-state index in [9.17, 15) is 0 Å². The van der Waals surface area contributed by atoms with Crippen LogP contribution in [0.25, 0.3) is 0 Å². The molecule has 1 aliphatic heterocycles. The number of fused-ring (bicyclic) bond motifs is 1. The van der Waals surface area contributed by atoms with E-state index in [4.69, 9.17) is 0 Å². The van der Waals surface area contributed by atoms with E-state index in [1.54, 1.807) is 0 Å². The molecule has 2 heteroatoms. The van der Waals surface area contributed by atoms with Gasteiger partial charge >= 0.3 is 0 Å². The molecule has 1 atom stereocenters. The van der Waals surface area contributed by atoms with Crippen molar-refractivity contribution in [3.05, 3.63) is 29.3 Å². The first-order valence-electron chi connectivity index (χ1n) is 6.78. The van der Waals surface area contributed by atoms with Crippen molar-refractivity contribution >= 4 is 5.69 Å². The van der Waals surface area contributed by atoms with Gasteiger partial charge in [-0.3, -0.25) is 0 Å². The van der Waals surface area contributed by atoms with E-state index in [1.807, 2.05) is 0 Å². The topological polar surface area (TPSA) is 15.3 Å². The zero-order valence-electron chi connectivity index (χ0n) is 11.3. The van der Waals surface area contributed by atoms with Gasteiger partial charge in [0.05, 0.1) is 0 Å². The highest BCUT2D eigenvalue weighted by atomic mass is 15.1. The quantitative estimate of drug-likeness (QED) is 0.858. The summed E-state index contributed by atoms with van der Waals surface area (Å²) in [5.74, 6) is 0.755. The summed E-state index contributed by atoms with van der Waals surface area (Å²) in [5.41, 5.74) is 4.18. The van der Waals surface area contributed by atoms with Crippen LogP contribution in [0.4, 0.5) is 5.69 Å². The molecule has 0 saturated carbocycles. The molecule has 2 nitrogen and oxygen atoms in total. The van der Waals surface area contributed by atoms with Crippen molar-refractivity contribution in [1.82, 2.24) is 4.90 Å². The number of nitrogens with zero attached hydrogens (tertiary/aromatic N) is 1. The molecule has 1 N–H and O–H groups in total. The number of benzene rings is 1. The van der Waals surface area contributed by atoms with E-state index in [0.717, 1.165) is 25.6 Å². The van der Waals surface area contributed by atoms with E-state index >= 15 is 0 Å². The normalized spacial score (nSPS) is 18.9. The molecular weight excluding hydrogens is 208 g/mol. The van der Waals surface area contributed by atoms with Gasteiger partial charge in [-0.1, -0.05) is 26.0 Å². The first-order valence-corrected chi connectivity index (χ1v) is 6.78. The van der Waals surface area contributed by atoms with Gasteiger partial charge < -0.3 is 10.2 Å². The van der Waals surface area contributed by atoms with Gasteiger partial charge in [0.25, 0.3) is 0 Å². The Hall–Kier alpha value is -1.02. The number of rotatable bonds is 4. The van der Waals surface area contributed by atoms with Gasteiger partial charge in [0, 0.05) is 18.8 Å². The third kappa shape index (κ3) is 3.01. The Labute approximate surface area is 105 Å². The van der Waals surface area contributed by atoms with Crippen LogP contribution in [0.1, 0.15) is 25.0 Å². The van der Waals surface area contributed by atoms with Crippen LogP contribution >= 0.6 is 0 Å². The van der Waals surface area contributed by atoms with Crippen molar-refractivity contribution in [3.8, 4) is 0 Å². The van der Waals surface area contributed by atoms with Crippen LogP contribution in [-0.2, 0) is 6.42 Å². The summed E-state index contributed by atoms with van der Waals surface area (Å²) in [6.07, 6.45) is 1.22. The molecule has 17 heavy (non-hydrogen) atoms. The molecule has 2 rings (SSSR count). The minimum atomic E-state index is 0.755. The molecular formula is C15H24N2. The maximum Gasteiger partial charge on any atom is 0.0375 e. The predicted octanol–water partition coefficient (Wildman–Crippen LogP) is 2.92. The van der Waals surface area contributed by atoms with Crippen molar-refractivity contribution in [3.63, 3.8) is 0 Å². The Balaban J connectivity index is 2.01. The van der Waals surface area contributed by atoms with E-state index in [-0.39, 0.29) is 0 Å². The van der Waals surface area contributed by atoms with Crippen LogP contribution in [0.2, 0.25) is 0 Å². The summed E-state index contributed by atoms with van der Waals surface area (Å²) in [5, 5.41) is 3.58. The summed E-state index contributed by atoms with van der Waals surface area (Å²) in [6, 6.07) is 6.77. The Morgan fingerprint density at radius 3 is 2.76 bits per heavy atom. The van der Waals surface area contributed by atoms with Gasteiger partial charge in [-0.2, -0.15) is 0 Å². The third-order valence-electron chi connectivity index (χ3n) is 3.77. The minimum absolute atomic E-state index is 0.755. The second-order valence-electron chi connectivity index (χ2n) is 5.10. The fourth-order valence-corrected chi connectivity index (χ4v) is 2.65. The molecule has 0 radical (unpaired) electrons. The second kappa shape index (κ2) is 5.54. The highest BCUT2D eigenvalue weighted by molar-refractivity contribution is 5.55. The van der Waals surface area contributed by atoms with Crippen molar-refractivity contribution < 1.29 is 0 Å². The summed E-state index contributed by atoms with van der Waals surface area (Å²) >= 11 is 0. The highest BCUT2D eigenvalue weighted by Crippen LogP contribution is 2.26. The van der Waals surface area contributed by atoms with E-state index in [2.05, 4.69) is 49.2 Å². The van der Waals surface area contributed by atoms with Crippen molar-refractivity contribution in [2.24, 2.45) is 5.92 Å². The Kier molecular flexibility index (Phi) is 4.06. The SMILES string of the molecule is CCN(CC)CC1CNc2cc(C)ccc2C1. The van der Waals surface area contributed by atoms with Gasteiger partial charge in [-0.15, -0.1) is 0 Å². The Morgan fingerprint density at radius 2 is 2.06 bits per heavy atom. The first kappa shape index (κ1) is 12.4. The Bertz CT molecular complexity index is 369. The smallest absolute Gasteiger partial charge is 0.0375 e. The second-order valence-corrected chi connectivity index (χ2v) is 5.10. The molecule has 0 saturated heterocycles. The van der Waals surface area contributed by atoms with Gasteiger partial charge in [-0.05, 0) is 49.5 Å². The maximum atomic E-state index is 3.58. The van der Waals surface area contributed by atoms with E-state index in [1.165, 1.54) is 29.8 Å². The van der Waals surface area contributed by atoms with Crippen molar-refractivity contribution in [1.29, 1.82) is 0 Å². The van der Waals surface area contributed by atoms with Crippen LogP contribution in [0.3, 0.4) is 0 Å². The molecule has 1 aliphatic rings. The van der Waals surface area contributed by atoms with Crippen LogP contribution in [-0.4, -0.2) is 31.1 Å². The van der Waals surface area contributed by atoms with Crippen molar-refractivity contribution in [2.45, 2.75) is 27.2 Å². The van der Waals surface area contributed by atoms with Crippen LogP contribution in [0.15, 0.2) is 18.2 Å². The number of hydrogen-bond acceptors (Lipinski definition) is 2. The fraction of sp³-hybridized carbons (Fsp3) is 0.600. The standard InChI is InChI=1S/C15H24N2/c1-4-17(5-2)11-13-9-14-7-6-12(3)8-15(14)16-10-13/h6-8,13,16H,4-5,9-11H2,1-3H3. The van der Waals surface area contributed by atoms with E-state index < -0.39 is 0 Å². The lowest BCUT2D eigenvalue weighted by Crippen LogP contribution is -2.35. The van der Waals surface area contributed by atoms with Crippen LogP contribution in [0.5, 0.6) is 0 Å². The molecule has 1 unspecified atom stereocenters. The fourth-order valence-electron chi connectivity index (χ4n) is 2.65. The molecule has 0 bridgehead atoms. The molecule has 1 heterocycles. The molecule has 0 aromatic heterocycles. The van der Waals surface area contributed by atoms with Gasteiger partial charge in [0.2, 0.25) is 0 Å². The van der Waals surface area contributed by atoms with Gasteiger partial charge in [-0.25, -0.2) is 0 Å². The lowest BCUT2D eigenvalue weighted by Gasteiger charge is -2.30. The van der Waals surface area contributed by atoms with Crippen molar-refractivity contribution in [2.75, 3.05) is 31.5 Å². The Morgan fingerprint density at radius 1 is 1.29 bits per heavy atom. The van der Waals surface area contributed by atoms with E-state index in [0.29, 0.717) is 0 Å². The molecule has 1 aromatic rings. The molecule has 1 aromatic carbocycles. The summed E-state index contributed by atoms with van der Waals surface area (Å²) in [4.78, 5) is 2.52.